The lowest BCUT2D eigenvalue weighted by molar-refractivity contribution is -0.127. The van der Waals surface area contributed by atoms with Gasteiger partial charge in [-0.25, -0.2) is 0 Å². The highest BCUT2D eigenvalue weighted by molar-refractivity contribution is 6.30. The molecule has 0 aliphatic carbocycles. The number of amides is 2. The number of hydrogen-bond acceptors (Lipinski definition) is 3. The van der Waals surface area contributed by atoms with E-state index in [1.165, 1.54) is 0 Å². The molecule has 2 rings (SSSR count). The van der Waals surface area contributed by atoms with Crippen molar-refractivity contribution in [1.29, 1.82) is 0 Å². The first-order valence-corrected chi connectivity index (χ1v) is 8.95. The second kappa shape index (κ2) is 10.0. The monoisotopic (exact) mass is 394 g/mol. The summed E-state index contributed by atoms with van der Waals surface area (Å²) in [5.41, 5.74) is 0.688. The highest BCUT2D eigenvalue weighted by atomic mass is 35.5. The van der Waals surface area contributed by atoms with Crippen LogP contribution in [-0.4, -0.2) is 24.5 Å². The average Bonchev–Trinajstić information content (AvgIpc) is 2.62. The summed E-state index contributed by atoms with van der Waals surface area (Å²) in [4.78, 5) is 23.9. The van der Waals surface area contributed by atoms with Crippen molar-refractivity contribution >= 4 is 40.7 Å². The Morgan fingerprint density at radius 2 is 1.58 bits per heavy atom. The fraction of sp³-hybridized carbons (Fsp3) is 0.263. The number of nitrogens with one attached hydrogen (secondary N) is 2. The molecule has 2 N–H and O–H groups in total. The van der Waals surface area contributed by atoms with Crippen LogP contribution in [0.1, 0.15) is 19.8 Å². The highest BCUT2D eigenvalue weighted by Crippen LogP contribution is 2.17. The van der Waals surface area contributed by atoms with Crippen molar-refractivity contribution < 1.29 is 14.3 Å². The number of hydrogen-bond donors (Lipinski definition) is 2. The van der Waals surface area contributed by atoms with Crippen molar-refractivity contribution in [2.45, 2.75) is 25.9 Å². The molecule has 0 aliphatic heterocycles. The first-order chi connectivity index (χ1) is 12.4. The van der Waals surface area contributed by atoms with Crippen LogP contribution < -0.4 is 15.4 Å². The van der Waals surface area contributed by atoms with Crippen molar-refractivity contribution in [1.82, 2.24) is 5.32 Å². The Bertz CT molecular complexity index is 733. The van der Waals surface area contributed by atoms with Gasteiger partial charge in [0.15, 0.2) is 6.10 Å². The van der Waals surface area contributed by atoms with Gasteiger partial charge in [0, 0.05) is 28.7 Å². The zero-order valence-corrected chi connectivity index (χ0v) is 15.8. The summed E-state index contributed by atoms with van der Waals surface area (Å²) < 4.78 is 5.54. The van der Waals surface area contributed by atoms with E-state index in [2.05, 4.69) is 10.6 Å². The number of benzene rings is 2. The molecular formula is C19H20Cl2N2O3. The number of halogens is 2. The Kier molecular flexibility index (Phi) is 7.75. The van der Waals surface area contributed by atoms with Gasteiger partial charge in [-0.3, -0.25) is 9.59 Å². The van der Waals surface area contributed by atoms with Crippen molar-refractivity contribution in [3.8, 4) is 5.75 Å². The quantitative estimate of drug-likeness (QED) is 0.655. The van der Waals surface area contributed by atoms with E-state index in [-0.39, 0.29) is 11.8 Å². The lowest BCUT2D eigenvalue weighted by Gasteiger charge is -2.14. The molecule has 2 aromatic rings. The molecule has 0 spiro atoms. The third-order valence-electron chi connectivity index (χ3n) is 3.50. The van der Waals surface area contributed by atoms with Gasteiger partial charge >= 0.3 is 0 Å². The third-order valence-corrected chi connectivity index (χ3v) is 4.01. The van der Waals surface area contributed by atoms with E-state index in [1.807, 2.05) is 0 Å². The minimum absolute atomic E-state index is 0.118. The molecule has 7 heteroatoms. The number of rotatable bonds is 8. The molecule has 2 amide bonds. The van der Waals surface area contributed by atoms with Crippen molar-refractivity contribution in [2.75, 3.05) is 11.9 Å². The average molecular weight is 395 g/mol. The van der Waals surface area contributed by atoms with Gasteiger partial charge in [0.05, 0.1) is 0 Å². The van der Waals surface area contributed by atoms with Gasteiger partial charge in [-0.15, -0.1) is 0 Å². The highest BCUT2D eigenvalue weighted by Gasteiger charge is 2.14. The Balaban J connectivity index is 1.65. The molecule has 0 radical (unpaired) electrons. The Labute approximate surface area is 162 Å². The Morgan fingerprint density at radius 1 is 1.00 bits per heavy atom. The van der Waals surface area contributed by atoms with Crippen LogP contribution in [0.5, 0.6) is 5.75 Å². The summed E-state index contributed by atoms with van der Waals surface area (Å²) in [6.45, 7) is 2.05. The zero-order valence-electron chi connectivity index (χ0n) is 14.3. The van der Waals surface area contributed by atoms with Gasteiger partial charge in [0.2, 0.25) is 5.91 Å². The molecule has 1 unspecified atom stereocenters. The van der Waals surface area contributed by atoms with Crippen LogP contribution in [0, 0.1) is 0 Å². The molecule has 0 bridgehead atoms. The maximum Gasteiger partial charge on any atom is 0.260 e. The second-order valence-electron chi connectivity index (χ2n) is 5.66. The van der Waals surface area contributed by atoms with Gasteiger partial charge in [0.25, 0.3) is 5.91 Å². The molecule has 0 aliphatic rings. The fourth-order valence-corrected chi connectivity index (χ4v) is 2.38. The van der Waals surface area contributed by atoms with Crippen molar-refractivity contribution in [2.24, 2.45) is 0 Å². The molecule has 1 atom stereocenters. The second-order valence-corrected chi connectivity index (χ2v) is 6.54. The summed E-state index contributed by atoms with van der Waals surface area (Å²) in [5, 5.41) is 6.74. The number of carbonyl (C=O) groups is 2. The minimum Gasteiger partial charge on any atom is -0.481 e. The molecule has 26 heavy (non-hydrogen) atoms. The Morgan fingerprint density at radius 3 is 2.19 bits per heavy atom. The SMILES string of the molecule is CC(Oc1ccc(Cl)cc1)C(=O)NCCCC(=O)Nc1ccc(Cl)cc1. The summed E-state index contributed by atoms with van der Waals surface area (Å²) in [6, 6.07) is 13.7. The van der Waals surface area contributed by atoms with Crippen LogP contribution in [-0.2, 0) is 9.59 Å². The molecule has 2 aromatic carbocycles. The van der Waals surface area contributed by atoms with Gasteiger partial charge in [-0.05, 0) is 61.9 Å². The molecule has 0 heterocycles. The van der Waals surface area contributed by atoms with E-state index in [1.54, 1.807) is 55.5 Å². The van der Waals surface area contributed by atoms with Crippen molar-refractivity contribution in [3.05, 3.63) is 58.6 Å². The summed E-state index contributed by atoms with van der Waals surface area (Å²) in [7, 11) is 0. The van der Waals surface area contributed by atoms with Crippen LogP contribution in [0.3, 0.4) is 0 Å². The van der Waals surface area contributed by atoms with Crippen LogP contribution in [0.2, 0.25) is 10.0 Å². The van der Waals surface area contributed by atoms with E-state index >= 15 is 0 Å². The van der Waals surface area contributed by atoms with E-state index in [0.29, 0.717) is 40.9 Å². The van der Waals surface area contributed by atoms with E-state index < -0.39 is 6.10 Å². The number of anilines is 1. The third kappa shape index (κ3) is 6.94. The zero-order chi connectivity index (χ0) is 18.9. The standard InChI is InChI=1S/C19H20Cl2N2O3/c1-13(26-17-10-6-15(21)7-11-17)19(25)22-12-2-3-18(24)23-16-8-4-14(20)5-9-16/h4-11,13H,2-3,12H2,1H3,(H,22,25)(H,23,24). The van der Waals surface area contributed by atoms with Crippen LogP contribution in [0.25, 0.3) is 0 Å². The van der Waals surface area contributed by atoms with Gasteiger partial charge in [0.1, 0.15) is 5.75 Å². The first kappa shape index (κ1) is 20.1. The van der Waals surface area contributed by atoms with E-state index in [0.717, 1.165) is 0 Å². The minimum atomic E-state index is -0.640. The largest absolute Gasteiger partial charge is 0.481 e. The maximum absolute atomic E-state index is 12.0. The summed E-state index contributed by atoms with van der Waals surface area (Å²) in [6.07, 6.45) is 0.188. The van der Waals surface area contributed by atoms with Gasteiger partial charge < -0.3 is 15.4 Å². The smallest absolute Gasteiger partial charge is 0.260 e. The van der Waals surface area contributed by atoms with E-state index in [4.69, 9.17) is 27.9 Å². The molecule has 0 saturated carbocycles. The predicted molar refractivity (Wildman–Crippen MR) is 104 cm³/mol. The van der Waals surface area contributed by atoms with Gasteiger partial charge in [-0.1, -0.05) is 23.2 Å². The maximum atomic E-state index is 12.0. The van der Waals surface area contributed by atoms with Crippen LogP contribution in [0.4, 0.5) is 5.69 Å². The molecule has 0 fully saturated rings. The number of carbonyl (C=O) groups excluding carboxylic acids is 2. The molecule has 138 valence electrons. The normalized spacial score (nSPS) is 11.5. The summed E-state index contributed by atoms with van der Waals surface area (Å²) in [5.74, 6) is 0.212. The fourth-order valence-electron chi connectivity index (χ4n) is 2.13. The topological polar surface area (TPSA) is 67.4 Å². The number of ether oxygens (including phenoxy) is 1. The molecular weight excluding hydrogens is 375 g/mol. The van der Waals surface area contributed by atoms with Gasteiger partial charge in [-0.2, -0.15) is 0 Å². The lowest BCUT2D eigenvalue weighted by atomic mass is 10.2. The van der Waals surface area contributed by atoms with Crippen LogP contribution >= 0.6 is 23.2 Å². The summed E-state index contributed by atoms with van der Waals surface area (Å²) >= 11 is 11.6. The molecule has 0 aromatic heterocycles. The molecule has 0 saturated heterocycles. The Hall–Kier alpha value is -2.24. The van der Waals surface area contributed by atoms with E-state index in [9.17, 15) is 9.59 Å². The van der Waals surface area contributed by atoms with Crippen LogP contribution in [0.15, 0.2) is 48.5 Å². The van der Waals surface area contributed by atoms with Crippen molar-refractivity contribution in [3.63, 3.8) is 0 Å². The first-order valence-electron chi connectivity index (χ1n) is 8.19. The lowest BCUT2D eigenvalue weighted by Crippen LogP contribution is -2.37. The molecule has 5 nitrogen and oxygen atoms in total. The predicted octanol–water partition coefficient (Wildman–Crippen LogP) is 4.30.